The first-order chi connectivity index (χ1) is 9.66. The van der Waals surface area contributed by atoms with E-state index in [1.807, 2.05) is 12.3 Å². The standard InChI is InChI=1S/C16H20BrN3/c1-13-11-14(17)12-19-16(13)18-9-6-10-20(2)15-7-4-3-5-8-15/h3-5,7-8,11-12H,6,9-10H2,1-2H3,(H,18,19). The molecule has 0 radical (unpaired) electrons. The number of nitrogens with one attached hydrogen (secondary N) is 1. The van der Waals surface area contributed by atoms with Gasteiger partial charge in [-0.3, -0.25) is 0 Å². The Morgan fingerprint density at radius 3 is 2.70 bits per heavy atom. The predicted octanol–water partition coefficient (Wildman–Crippen LogP) is 4.09. The molecule has 20 heavy (non-hydrogen) atoms. The Balaban J connectivity index is 1.76. The van der Waals surface area contributed by atoms with Gasteiger partial charge in [0.05, 0.1) is 0 Å². The number of para-hydroxylation sites is 1. The van der Waals surface area contributed by atoms with Crippen LogP contribution in [0.3, 0.4) is 0 Å². The van der Waals surface area contributed by atoms with Gasteiger partial charge in [0.15, 0.2) is 0 Å². The Labute approximate surface area is 129 Å². The van der Waals surface area contributed by atoms with E-state index in [-0.39, 0.29) is 0 Å². The molecule has 1 N–H and O–H groups in total. The Hall–Kier alpha value is -1.55. The number of hydrogen-bond acceptors (Lipinski definition) is 3. The van der Waals surface area contributed by atoms with Crippen LogP contribution in [0.15, 0.2) is 47.1 Å². The van der Waals surface area contributed by atoms with Gasteiger partial charge in [0.2, 0.25) is 0 Å². The van der Waals surface area contributed by atoms with Crippen molar-refractivity contribution in [3.63, 3.8) is 0 Å². The summed E-state index contributed by atoms with van der Waals surface area (Å²) in [4.78, 5) is 6.65. The van der Waals surface area contributed by atoms with Gasteiger partial charge >= 0.3 is 0 Å². The number of benzene rings is 1. The third-order valence-corrected chi connectivity index (χ3v) is 3.64. The summed E-state index contributed by atoms with van der Waals surface area (Å²) in [5.74, 6) is 0.968. The van der Waals surface area contributed by atoms with Gasteiger partial charge in [0.25, 0.3) is 0 Å². The molecule has 0 aliphatic heterocycles. The maximum absolute atomic E-state index is 4.38. The highest BCUT2D eigenvalue weighted by molar-refractivity contribution is 9.10. The van der Waals surface area contributed by atoms with Crippen LogP contribution in [0.4, 0.5) is 11.5 Å². The summed E-state index contributed by atoms with van der Waals surface area (Å²) in [5, 5.41) is 3.39. The summed E-state index contributed by atoms with van der Waals surface area (Å²) in [6.45, 7) is 4.01. The van der Waals surface area contributed by atoms with Crippen molar-refractivity contribution >= 4 is 27.4 Å². The number of halogens is 1. The van der Waals surface area contributed by atoms with E-state index in [4.69, 9.17) is 0 Å². The van der Waals surface area contributed by atoms with Crippen LogP contribution in [0, 0.1) is 6.92 Å². The first-order valence-corrected chi connectivity index (χ1v) is 7.58. The normalized spacial score (nSPS) is 10.3. The number of hydrogen-bond donors (Lipinski definition) is 1. The summed E-state index contributed by atoms with van der Waals surface area (Å²) < 4.78 is 1.02. The minimum Gasteiger partial charge on any atom is -0.375 e. The molecule has 2 aromatic rings. The lowest BCUT2D eigenvalue weighted by Crippen LogP contribution is -2.21. The van der Waals surface area contributed by atoms with Crippen molar-refractivity contribution in [2.75, 3.05) is 30.4 Å². The Bertz CT molecular complexity index is 543. The number of pyridine rings is 1. The molecule has 0 saturated heterocycles. The fraction of sp³-hybridized carbons (Fsp3) is 0.312. The third-order valence-electron chi connectivity index (χ3n) is 3.20. The molecule has 106 valence electrons. The molecule has 0 saturated carbocycles. The lowest BCUT2D eigenvalue weighted by Gasteiger charge is -2.19. The Kier molecular flexibility index (Phi) is 5.41. The van der Waals surface area contributed by atoms with Gasteiger partial charge in [0, 0.05) is 36.5 Å². The van der Waals surface area contributed by atoms with Crippen LogP contribution in [0.1, 0.15) is 12.0 Å². The summed E-state index contributed by atoms with van der Waals surface area (Å²) in [6.07, 6.45) is 2.90. The number of anilines is 2. The van der Waals surface area contributed by atoms with Gasteiger partial charge in [-0.1, -0.05) is 18.2 Å². The first-order valence-electron chi connectivity index (χ1n) is 6.79. The summed E-state index contributed by atoms with van der Waals surface area (Å²) >= 11 is 3.43. The van der Waals surface area contributed by atoms with Crippen molar-refractivity contribution in [1.29, 1.82) is 0 Å². The molecule has 4 heteroatoms. The molecule has 0 bridgehead atoms. The van der Waals surface area contributed by atoms with E-state index in [9.17, 15) is 0 Å². The zero-order chi connectivity index (χ0) is 14.4. The third kappa shape index (κ3) is 4.23. The fourth-order valence-corrected chi connectivity index (χ4v) is 2.51. The Morgan fingerprint density at radius 1 is 1.25 bits per heavy atom. The maximum atomic E-state index is 4.38. The van der Waals surface area contributed by atoms with Gasteiger partial charge < -0.3 is 10.2 Å². The topological polar surface area (TPSA) is 28.2 Å². The molecule has 0 atom stereocenters. The van der Waals surface area contributed by atoms with Crippen LogP contribution in [-0.2, 0) is 0 Å². The zero-order valence-electron chi connectivity index (χ0n) is 11.9. The van der Waals surface area contributed by atoms with Gasteiger partial charge in [-0.15, -0.1) is 0 Å². The average molecular weight is 334 g/mol. The van der Waals surface area contributed by atoms with E-state index < -0.39 is 0 Å². The van der Waals surface area contributed by atoms with Gasteiger partial charge in [0.1, 0.15) is 5.82 Å². The predicted molar refractivity (Wildman–Crippen MR) is 89.5 cm³/mol. The second kappa shape index (κ2) is 7.29. The molecule has 0 aliphatic rings. The van der Waals surface area contributed by atoms with Gasteiger partial charge in [-0.2, -0.15) is 0 Å². The van der Waals surface area contributed by atoms with E-state index in [2.05, 4.69) is 75.4 Å². The van der Waals surface area contributed by atoms with Crippen molar-refractivity contribution in [2.24, 2.45) is 0 Å². The Morgan fingerprint density at radius 2 is 2.00 bits per heavy atom. The van der Waals surface area contributed by atoms with Crippen molar-refractivity contribution in [2.45, 2.75) is 13.3 Å². The molecular formula is C16H20BrN3. The van der Waals surface area contributed by atoms with Crippen molar-refractivity contribution in [1.82, 2.24) is 4.98 Å². The smallest absolute Gasteiger partial charge is 0.128 e. The fourth-order valence-electron chi connectivity index (χ4n) is 2.06. The second-order valence-electron chi connectivity index (χ2n) is 4.86. The highest BCUT2D eigenvalue weighted by Crippen LogP contribution is 2.16. The minimum absolute atomic E-state index is 0.923. The van der Waals surface area contributed by atoms with Gasteiger partial charge in [-0.25, -0.2) is 4.98 Å². The zero-order valence-corrected chi connectivity index (χ0v) is 13.5. The molecule has 0 amide bonds. The molecular weight excluding hydrogens is 314 g/mol. The summed E-state index contributed by atoms with van der Waals surface area (Å²) in [5.41, 5.74) is 2.42. The highest BCUT2D eigenvalue weighted by Gasteiger charge is 2.01. The van der Waals surface area contributed by atoms with E-state index >= 15 is 0 Å². The van der Waals surface area contributed by atoms with E-state index in [0.717, 1.165) is 35.4 Å². The monoisotopic (exact) mass is 333 g/mol. The number of aromatic nitrogens is 1. The van der Waals surface area contributed by atoms with Gasteiger partial charge in [-0.05, 0) is 53.0 Å². The van der Waals surface area contributed by atoms with Crippen molar-refractivity contribution < 1.29 is 0 Å². The number of aryl methyl sites for hydroxylation is 1. The average Bonchev–Trinajstić information content (AvgIpc) is 2.46. The van der Waals surface area contributed by atoms with Crippen molar-refractivity contribution in [3.8, 4) is 0 Å². The van der Waals surface area contributed by atoms with Crippen LogP contribution in [-0.4, -0.2) is 25.1 Å². The number of nitrogens with zero attached hydrogens (tertiary/aromatic N) is 2. The maximum Gasteiger partial charge on any atom is 0.128 e. The molecule has 0 fully saturated rings. The van der Waals surface area contributed by atoms with Crippen LogP contribution in [0.5, 0.6) is 0 Å². The molecule has 1 aromatic carbocycles. The SMILES string of the molecule is Cc1cc(Br)cnc1NCCCN(C)c1ccccc1. The molecule has 1 heterocycles. The molecule has 0 aliphatic carbocycles. The second-order valence-corrected chi connectivity index (χ2v) is 5.77. The minimum atomic E-state index is 0.923. The van der Waals surface area contributed by atoms with Crippen LogP contribution in [0.25, 0.3) is 0 Å². The molecule has 2 rings (SSSR count). The molecule has 3 nitrogen and oxygen atoms in total. The van der Waals surface area contributed by atoms with Crippen LogP contribution < -0.4 is 10.2 Å². The van der Waals surface area contributed by atoms with E-state index in [1.54, 1.807) is 0 Å². The van der Waals surface area contributed by atoms with E-state index in [0.29, 0.717) is 0 Å². The molecule has 0 unspecified atom stereocenters. The van der Waals surface area contributed by atoms with Crippen molar-refractivity contribution in [3.05, 3.63) is 52.6 Å². The summed E-state index contributed by atoms with van der Waals surface area (Å²) in [7, 11) is 2.12. The highest BCUT2D eigenvalue weighted by atomic mass is 79.9. The van der Waals surface area contributed by atoms with Crippen LogP contribution in [0.2, 0.25) is 0 Å². The quantitative estimate of drug-likeness (QED) is 0.807. The van der Waals surface area contributed by atoms with Crippen LogP contribution >= 0.6 is 15.9 Å². The first kappa shape index (κ1) is 14.9. The molecule has 0 spiro atoms. The number of rotatable bonds is 6. The summed E-state index contributed by atoms with van der Waals surface area (Å²) in [6, 6.07) is 12.5. The lowest BCUT2D eigenvalue weighted by atomic mass is 10.2. The van der Waals surface area contributed by atoms with E-state index in [1.165, 1.54) is 5.69 Å². The lowest BCUT2D eigenvalue weighted by molar-refractivity contribution is 0.813. The largest absolute Gasteiger partial charge is 0.375 e. The molecule has 1 aromatic heterocycles.